The third-order valence-corrected chi connectivity index (χ3v) is 4.80. The fourth-order valence-electron chi connectivity index (χ4n) is 3.15. The Hall–Kier alpha value is -2.84. The van der Waals surface area contributed by atoms with E-state index in [1.165, 1.54) is 13.0 Å². The van der Waals surface area contributed by atoms with Crippen molar-refractivity contribution in [3.05, 3.63) is 27.8 Å². The Morgan fingerprint density at radius 1 is 1.22 bits per heavy atom. The number of benzene rings is 1. The lowest BCUT2D eigenvalue weighted by Gasteiger charge is -2.31. The van der Waals surface area contributed by atoms with Gasteiger partial charge in [-0.1, -0.05) is 6.92 Å². The van der Waals surface area contributed by atoms with Gasteiger partial charge in [0.15, 0.2) is 17.6 Å². The van der Waals surface area contributed by atoms with Gasteiger partial charge in [0.1, 0.15) is 18.8 Å². The normalized spacial score (nSPS) is 17.9. The zero-order valence-electron chi connectivity index (χ0n) is 15.3. The fraction of sp³-hybridized carbons (Fsp3) is 0.556. The second kappa shape index (κ2) is 7.81. The zero-order valence-corrected chi connectivity index (χ0v) is 15.3. The molecule has 0 spiro atoms. The second-order valence-electron chi connectivity index (χ2n) is 6.83. The lowest BCUT2D eigenvalue weighted by atomic mass is 9.99. The summed E-state index contributed by atoms with van der Waals surface area (Å²) in [5.41, 5.74) is -0.716. The number of amides is 1. The number of nitro benzene ring substituents is 1. The van der Waals surface area contributed by atoms with Crippen molar-refractivity contribution in [2.45, 2.75) is 32.8 Å². The molecule has 2 heterocycles. The molecule has 0 radical (unpaired) electrons. The van der Waals surface area contributed by atoms with E-state index in [0.29, 0.717) is 19.0 Å². The largest absolute Gasteiger partial charge is 0.486 e. The maximum Gasteiger partial charge on any atom is 0.346 e. The van der Waals surface area contributed by atoms with Crippen LogP contribution in [-0.4, -0.2) is 54.1 Å². The predicted molar refractivity (Wildman–Crippen MR) is 93.9 cm³/mol. The van der Waals surface area contributed by atoms with Crippen LogP contribution in [0.1, 0.15) is 37.0 Å². The van der Waals surface area contributed by atoms with Gasteiger partial charge in [0.05, 0.1) is 11.0 Å². The number of fused-ring (bicyclic) bond motifs is 1. The van der Waals surface area contributed by atoms with Crippen LogP contribution in [0.4, 0.5) is 5.69 Å². The zero-order chi connectivity index (χ0) is 19.6. The van der Waals surface area contributed by atoms with Crippen molar-refractivity contribution in [3.63, 3.8) is 0 Å². The highest BCUT2D eigenvalue weighted by molar-refractivity contribution is 5.96. The van der Waals surface area contributed by atoms with Crippen LogP contribution in [0.3, 0.4) is 0 Å². The Kier molecular flexibility index (Phi) is 5.48. The number of piperidine rings is 1. The third-order valence-electron chi connectivity index (χ3n) is 4.80. The smallest absolute Gasteiger partial charge is 0.346 e. The molecule has 146 valence electrons. The molecule has 0 unspecified atom stereocenters. The number of esters is 1. The van der Waals surface area contributed by atoms with Crippen LogP contribution in [0.15, 0.2) is 12.1 Å². The molecule has 0 aliphatic carbocycles. The first-order chi connectivity index (χ1) is 12.9. The number of hydrogen-bond donors (Lipinski definition) is 0. The van der Waals surface area contributed by atoms with Gasteiger partial charge < -0.3 is 19.1 Å². The predicted octanol–water partition coefficient (Wildman–Crippen LogP) is 2.17. The first-order valence-corrected chi connectivity index (χ1v) is 8.94. The number of carbonyl (C=O) groups is 2. The summed E-state index contributed by atoms with van der Waals surface area (Å²) in [4.78, 5) is 37.3. The summed E-state index contributed by atoms with van der Waals surface area (Å²) in [5, 5.41) is 11.3. The van der Waals surface area contributed by atoms with E-state index in [4.69, 9.17) is 14.2 Å². The van der Waals surface area contributed by atoms with Gasteiger partial charge in [0.25, 0.3) is 11.6 Å². The summed E-state index contributed by atoms with van der Waals surface area (Å²) < 4.78 is 15.9. The van der Waals surface area contributed by atoms with E-state index in [0.717, 1.165) is 18.9 Å². The molecule has 0 saturated carbocycles. The number of likely N-dealkylation sites (tertiary alicyclic amines) is 1. The monoisotopic (exact) mass is 378 g/mol. The van der Waals surface area contributed by atoms with E-state index in [-0.39, 0.29) is 36.2 Å². The molecule has 0 aromatic heterocycles. The Bertz CT molecular complexity index is 756. The first kappa shape index (κ1) is 18.9. The summed E-state index contributed by atoms with van der Waals surface area (Å²) in [6, 6.07) is 2.37. The Morgan fingerprint density at radius 2 is 1.81 bits per heavy atom. The number of rotatable bonds is 4. The van der Waals surface area contributed by atoms with Crippen molar-refractivity contribution in [1.82, 2.24) is 4.90 Å². The summed E-state index contributed by atoms with van der Waals surface area (Å²) in [6.45, 7) is 5.39. The number of hydrogen-bond acceptors (Lipinski definition) is 7. The molecule has 1 atom stereocenters. The molecule has 2 aliphatic rings. The first-order valence-electron chi connectivity index (χ1n) is 8.94. The van der Waals surface area contributed by atoms with Crippen LogP contribution in [0.2, 0.25) is 0 Å². The van der Waals surface area contributed by atoms with Gasteiger partial charge in [-0.15, -0.1) is 0 Å². The molecule has 1 saturated heterocycles. The maximum atomic E-state index is 12.5. The molecule has 0 N–H and O–H groups in total. The minimum absolute atomic E-state index is 0.205. The highest BCUT2D eigenvalue weighted by Crippen LogP contribution is 2.37. The van der Waals surface area contributed by atoms with Crippen molar-refractivity contribution in [1.29, 1.82) is 0 Å². The number of nitro groups is 1. The van der Waals surface area contributed by atoms with Crippen LogP contribution in [0.5, 0.6) is 11.5 Å². The Labute approximate surface area is 156 Å². The van der Waals surface area contributed by atoms with Gasteiger partial charge in [-0.2, -0.15) is 0 Å². The second-order valence-corrected chi connectivity index (χ2v) is 6.83. The van der Waals surface area contributed by atoms with Crippen LogP contribution < -0.4 is 9.47 Å². The van der Waals surface area contributed by atoms with Gasteiger partial charge >= 0.3 is 5.97 Å². The maximum absolute atomic E-state index is 12.5. The number of carbonyl (C=O) groups excluding carboxylic acids is 2. The summed E-state index contributed by atoms with van der Waals surface area (Å²) in [7, 11) is 0. The third kappa shape index (κ3) is 4.12. The molecule has 0 bridgehead atoms. The van der Waals surface area contributed by atoms with E-state index in [9.17, 15) is 19.7 Å². The molecule has 1 aromatic carbocycles. The fourth-order valence-corrected chi connectivity index (χ4v) is 3.15. The van der Waals surface area contributed by atoms with Crippen molar-refractivity contribution in [3.8, 4) is 11.5 Å². The molecule has 1 fully saturated rings. The van der Waals surface area contributed by atoms with Crippen molar-refractivity contribution >= 4 is 17.6 Å². The molecular formula is C18H22N2O7. The minimum atomic E-state index is -1.03. The van der Waals surface area contributed by atoms with E-state index in [2.05, 4.69) is 6.92 Å². The van der Waals surface area contributed by atoms with Gasteiger partial charge in [-0.25, -0.2) is 4.79 Å². The van der Waals surface area contributed by atoms with E-state index >= 15 is 0 Å². The lowest BCUT2D eigenvalue weighted by molar-refractivity contribution is -0.385. The Morgan fingerprint density at radius 3 is 2.41 bits per heavy atom. The quantitative estimate of drug-likeness (QED) is 0.449. The molecule has 9 heteroatoms. The van der Waals surface area contributed by atoms with Crippen LogP contribution in [-0.2, 0) is 9.53 Å². The highest BCUT2D eigenvalue weighted by atomic mass is 16.6. The number of ether oxygens (including phenoxy) is 3. The van der Waals surface area contributed by atoms with E-state index in [1.807, 2.05) is 0 Å². The molecule has 2 aliphatic heterocycles. The van der Waals surface area contributed by atoms with Crippen LogP contribution >= 0.6 is 0 Å². The molecule has 9 nitrogen and oxygen atoms in total. The average molecular weight is 378 g/mol. The van der Waals surface area contributed by atoms with Crippen molar-refractivity contribution < 1.29 is 28.7 Å². The topological polar surface area (TPSA) is 108 Å². The molecule has 3 rings (SSSR count). The van der Waals surface area contributed by atoms with Gasteiger partial charge in [0.2, 0.25) is 0 Å². The van der Waals surface area contributed by atoms with Crippen LogP contribution in [0, 0.1) is 16.0 Å². The van der Waals surface area contributed by atoms with Crippen molar-refractivity contribution in [2.24, 2.45) is 5.92 Å². The SMILES string of the molecule is CC1CCN(C(=O)[C@@H](C)OC(=O)c2cc3c(cc2[N+](=O)[O-])OCCO3)CC1. The standard InChI is InChI=1S/C18H22N2O7/c1-11-3-5-19(6-4-11)17(21)12(2)27-18(22)13-9-15-16(26-8-7-25-15)10-14(13)20(23)24/h9-12H,3-8H2,1-2H3/t12-/m1/s1. The summed E-state index contributed by atoms with van der Waals surface area (Å²) in [6.07, 6.45) is 0.777. The summed E-state index contributed by atoms with van der Waals surface area (Å²) in [5.74, 6) is -0.230. The minimum Gasteiger partial charge on any atom is -0.486 e. The van der Waals surface area contributed by atoms with E-state index < -0.39 is 22.7 Å². The molecule has 1 amide bonds. The van der Waals surface area contributed by atoms with Gasteiger partial charge in [-0.05, 0) is 25.7 Å². The molecule has 1 aromatic rings. The Balaban J connectivity index is 1.75. The van der Waals surface area contributed by atoms with E-state index in [1.54, 1.807) is 4.90 Å². The average Bonchev–Trinajstić information content (AvgIpc) is 2.66. The summed E-state index contributed by atoms with van der Waals surface area (Å²) >= 11 is 0. The highest BCUT2D eigenvalue weighted by Gasteiger charge is 2.31. The lowest BCUT2D eigenvalue weighted by Crippen LogP contribution is -2.44. The molecular weight excluding hydrogens is 356 g/mol. The van der Waals surface area contributed by atoms with Gasteiger partial charge in [0, 0.05) is 19.2 Å². The van der Waals surface area contributed by atoms with Crippen LogP contribution in [0.25, 0.3) is 0 Å². The van der Waals surface area contributed by atoms with Gasteiger partial charge in [-0.3, -0.25) is 14.9 Å². The molecule has 27 heavy (non-hydrogen) atoms. The number of nitrogens with zero attached hydrogens (tertiary/aromatic N) is 2. The van der Waals surface area contributed by atoms with Crippen molar-refractivity contribution in [2.75, 3.05) is 26.3 Å².